The molecule has 1 N–H and O–H groups in total. The molecule has 0 spiro atoms. The summed E-state index contributed by atoms with van der Waals surface area (Å²) < 4.78 is 0. The highest BCUT2D eigenvalue weighted by Crippen LogP contribution is 2.41. The van der Waals surface area contributed by atoms with Crippen LogP contribution in [0.1, 0.15) is 29.9 Å². The third-order valence-corrected chi connectivity index (χ3v) is 4.17. The molecule has 1 aromatic heterocycles. The van der Waals surface area contributed by atoms with Gasteiger partial charge in [0.15, 0.2) is 0 Å². The molecular formula is C19H18N2. The highest BCUT2D eigenvalue weighted by Gasteiger charge is 2.25. The number of nitrogens with one attached hydrogen (secondary N) is 1. The van der Waals surface area contributed by atoms with E-state index in [2.05, 4.69) is 58.8 Å². The van der Waals surface area contributed by atoms with Crippen LogP contribution in [0.3, 0.4) is 0 Å². The molecule has 1 saturated carbocycles. The van der Waals surface area contributed by atoms with Gasteiger partial charge in [0.05, 0.1) is 11.2 Å². The molecule has 0 unspecified atom stereocenters. The fraction of sp³-hybridized carbons (Fsp3) is 0.211. The van der Waals surface area contributed by atoms with Gasteiger partial charge in [-0.3, -0.25) is 4.98 Å². The van der Waals surface area contributed by atoms with Crippen LogP contribution in [0.4, 0.5) is 5.69 Å². The third-order valence-electron chi connectivity index (χ3n) is 4.17. The SMILES string of the molecule is c1ccc(C2CC2)c(CNc2cccc3cccnc23)c1. The number of nitrogens with zero attached hydrogens (tertiary/aromatic N) is 1. The maximum Gasteiger partial charge on any atom is 0.0933 e. The summed E-state index contributed by atoms with van der Waals surface area (Å²) in [6, 6.07) is 19.2. The summed E-state index contributed by atoms with van der Waals surface area (Å²) in [5.41, 5.74) is 5.08. The molecule has 0 radical (unpaired) electrons. The van der Waals surface area contributed by atoms with E-state index in [0.29, 0.717) is 0 Å². The van der Waals surface area contributed by atoms with E-state index in [1.54, 1.807) is 0 Å². The van der Waals surface area contributed by atoms with Crippen molar-refractivity contribution in [3.8, 4) is 0 Å². The Balaban J connectivity index is 1.61. The Labute approximate surface area is 124 Å². The van der Waals surface area contributed by atoms with Crippen molar-refractivity contribution in [2.45, 2.75) is 25.3 Å². The van der Waals surface area contributed by atoms with Crippen LogP contribution < -0.4 is 5.32 Å². The molecule has 3 aromatic rings. The lowest BCUT2D eigenvalue weighted by Gasteiger charge is -2.12. The van der Waals surface area contributed by atoms with Crippen molar-refractivity contribution in [1.82, 2.24) is 4.98 Å². The average Bonchev–Trinajstić information content (AvgIpc) is 3.38. The molecule has 2 nitrogen and oxygen atoms in total. The second kappa shape index (κ2) is 5.21. The van der Waals surface area contributed by atoms with E-state index in [1.807, 2.05) is 12.3 Å². The zero-order valence-corrected chi connectivity index (χ0v) is 11.9. The van der Waals surface area contributed by atoms with E-state index in [1.165, 1.54) is 29.4 Å². The predicted molar refractivity (Wildman–Crippen MR) is 87.5 cm³/mol. The number of anilines is 1. The van der Waals surface area contributed by atoms with E-state index >= 15 is 0 Å². The zero-order chi connectivity index (χ0) is 14.1. The number of pyridine rings is 1. The number of para-hydroxylation sites is 1. The first-order chi connectivity index (χ1) is 10.4. The molecule has 0 bridgehead atoms. The topological polar surface area (TPSA) is 24.9 Å². The fourth-order valence-corrected chi connectivity index (χ4v) is 2.93. The van der Waals surface area contributed by atoms with E-state index in [9.17, 15) is 0 Å². The number of hydrogen-bond acceptors (Lipinski definition) is 2. The molecule has 1 aliphatic rings. The summed E-state index contributed by atoms with van der Waals surface area (Å²) >= 11 is 0. The molecule has 2 heteroatoms. The van der Waals surface area contributed by atoms with Crippen molar-refractivity contribution < 1.29 is 0 Å². The molecule has 0 amide bonds. The average molecular weight is 274 g/mol. The lowest BCUT2D eigenvalue weighted by atomic mass is 10.0. The Bertz CT molecular complexity index is 770. The Morgan fingerprint density at radius 3 is 2.71 bits per heavy atom. The van der Waals surface area contributed by atoms with Crippen LogP contribution in [0.25, 0.3) is 10.9 Å². The zero-order valence-electron chi connectivity index (χ0n) is 11.9. The Morgan fingerprint density at radius 2 is 1.81 bits per heavy atom. The molecule has 21 heavy (non-hydrogen) atoms. The smallest absolute Gasteiger partial charge is 0.0933 e. The van der Waals surface area contributed by atoms with Gasteiger partial charge < -0.3 is 5.32 Å². The van der Waals surface area contributed by atoms with Gasteiger partial charge in [0.2, 0.25) is 0 Å². The van der Waals surface area contributed by atoms with Gasteiger partial charge in [-0.05, 0) is 42.0 Å². The van der Waals surface area contributed by atoms with E-state index < -0.39 is 0 Å². The van der Waals surface area contributed by atoms with Gasteiger partial charge in [-0.2, -0.15) is 0 Å². The Hall–Kier alpha value is -2.35. The Kier molecular flexibility index (Phi) is 3.07. The first-order valence-electron chi connectivity index (χ1n) is 7.57. The minimum atomic E-state index is 0.786. The first kappa shape index (κ1) is 12.4. The third kappa shape index (κ3) is 2.49. The van der Waals surface area contributed by atoms with Gasteiger partial charge in [-0.15, -0.1) is 0 Å². The monoisotopic (exact) mass is 274 g/mol. The summed E-state index contributed by atoms with van der Waals surface area (Å²) in [4.78, 5) is 4.50. The number of rotatable bonds is 4. The number of benzene rings is 2. The van der Waals surface area contributed by atoms with E-state index in [0.717, 1.165) is 23.7 Å². The van der Waals surface area contributed by atoms with E-state index in [4.69, 9.17) is 0 Å². The predicted octanol–water partition coefficient (Wildman–Crippen LogP) is 4.72. The second-order valence-electron chi connectivity index (χ2n) is 5.71. The second-order valence-corrected chi connectivity index (χ2v) is 5.71. The largest absolute Gasteiger partial charge is 0.379 e. The van der Waals surface area contributed by atoms with Crippen molar-refractivity contribution in [2.75, 3.05) is 5.32 Å². The van der Waals surface area contributed by atoms with Crippen molar-refractivity contribution in [3.05, 3.63) is 71.9 Å². The highest BCUT2D eigenvalue weighted by atomic mass is 14.9. The first-order valence-corrected chi connectivity index (χ1v) is 7.57. The van der Waals surface area contributed by atoms with Crippen LogP contribution in [-0.4, -0.2) is 4.98 Å². The maximum absolute atomic E-state index is 4.50. The molecule has 1 fully saturated rings. The molecule has 4 rings (SSSR count). The summed E-state index contributed by atoms with van der Waals surface area (Å²) in [7, 11) is 0. The summed E-state index contributed by atoms with van der Waals surface area (Å²) in [5.74, 6) is 0.786. The summed E-state index contributed by atoms with van der Waals surface area (Å²) in [6.45, 7) is 0.863. The van der Waals surface area contributed by atoms with Crippen LogP contribution >= 0.6 is 0 Å². The van der Waals surface area contributed by atoms with Crippen LogP contribution in [0.15, 0.2) is 60.8 Å². The standard InChI is InChI=1S/C19H18N2/c1-2-8-17(14-10-11-14)16(5-1)13-21-18-9-3-6-15-7-4-12-20-19(15)18/h1-9,12,14,21H,10-11,13H2. The molecule has 104 valence electrons. The molecule has 2 aromatic carbocycles. The van der Waals surface area contributed by atoms with Gasteiger partial charge in [-0.25, -0.2) is 0 Å². The molecular weight excluding hydrogens is 256 g/mol. The lowest BCUT2D eigenvalue weighted by Crippen LogP contribution is -2.03. The van der Waals surface area contributed by atoms with Gasteiger partial charge in [0, 0.05) is 18.1 Å². The fourth-order valence-electron chi connectivity index (χ4n) is 2.93. The van der Waals surface area contributed by atoms with Crippen molar-refractivity contribution in [2.24, 2.45) is 0 Å². The molecule has 0 atom stereocenters. The number of hydrogen-bond donors (Lipinski definition) is 1. The molecule has 1 heterocycles. The maximum atomic E-state index is 4.50. The van der Waals surface area contributed by atoms with Gasteiger partial charge in [0.1, 0.15) is 0 Å². The van der Waals surface area contributed by atoms with Crippen LogP contribution in [0.2, 0.25) is 0 Å². The summed E-state index contributed by atoms with van der Waals surface area (Å²) in [5, 5.41) is 4.74. The van der Waals surface area contributed by atoms with Crippen LogP contribution in [-0.2, 0) is 6.54 Å². The number of fused-ring (bicyclic) bond motifs is 1. The lowest BCUT2D eigenvalue weighted by molar-refractivity contribution is 1.04. The van der Waals surface area contributed by atoms with Gasteiger partial charge >= 0.3 is 0 Å². The van der Waals surface area contributed by atoms with Gasteiger partial charge in [-0.1, -0.05) is 42.5 Å². The van der Waals surface area contributed by atoms with Gasteiger partial charge in [0.25, 0.3) is 0 Å². The minimum absolute atomic E-state index is 0.786. The van der Waals surface area contributed by atoms with Crippen molar-refractivity contribution in [1.29, 1.82) is 0 Å². The Morgan fingerprint density at radius 1 is 0.952 bits per heavy atom. The minimum Gasteiger partial charge on any atom is -0.379 e. The van der Waals surface area contributed by atoms with Crippen molar-refractivity contribution >= 4 is 16.6 Å². The van der Waals surface area contributed by atoms with Crippen LogP contribution in [0, 0.1) is 0 Å². The van der Waals surface area contributed by atoms with Crippen LogP contribution in [0.5, 0.6) is 0 Å². The molecule has 0 saturated heterocycles. The normalized spacial score (nSPS) is 14.3. The van der Waals surface area contributed by atoms with E-state index in [-0.39, 0.29) is 0 Å². The molecule has 0 aliphatic heterocycles. The molecule has 1 aliphatic carbocycles. The number of aromatic nitrogens is 1. The quantitative estimate of drug-likeness (QED) is 0.744. The highest BCUT2D eigenvalue weighted by molar-refractivity contribution is 5.90. The van der Waals surface area contributed by atoms with Crippen molar-refractivity contribution in [3.63, 3.8) is 0 Å². The summed E-state index contributed by atoms with van der Waals surface area (Å²) in [6.07, 6.45) is 4.53.